The molecular weight excluding hydrogens is 326 g/mol. The minimum Gasteiger partial charge on any atom is -0.390 e. The number of anilines is 1. The summed E-state index contributed by atoms with van der Waals surface area (Å²) in [5.74, 6) is 0.953. The number of pyridine rings is 1. The van der Waals surface area contributed by atoms with Crippen LogP contribution in [0.2, 0.25) is 0 Å². The van der Waals surface area contributed by atoms with Crippen LogP contribution in [0.3, 0.4) is 0 Å². The molecule has 0 aromatic carbocycles. The average Bonchev–Trinajstić information content (AvgIpc) is 3.05. The summed E-state index contributed by atoms with van der Waals surface area (Å²) in [4.78, 5) is 10.8. The maximum atomic E-state index is 6.11. The first-order valence-electron chi connectivity index (χ1n) is 7.73. The zero-order valence-electron chi connectivity index (χ0n) is 13.4. The fourth-order valence-electron chi connectivity index (χ4n) is 2.71. The first-order chi connectivity index (χ1) is 11.7. The maximum absolute atomic E-state index is 6.11. The van der Waals surface area contributed by atoms with Crippen LogP contribution in [0.15, 0.2) is 42.2 Å². The second-order valence-electron chi connectivity index (χ2n) is 5.46. The highest BCUT2D eigenvalue weighted by molar-refractivity contribution is 6.48. The summed E-state index contributed by atoms with van der Waals surface area (Å²) in [5.41, 5.74) is 8.27. The summed E-state index contributed by atoms with van der Waals surface area (Å²) in [6.45, 7) is 7.39. The number of aliphatic imine (C=N–C) groups is 1. The van der Waals surface area contributed by atoms with E-state index in [1.54, 1.807) is 0 Å². The molecule has 0 amide bonds. The number of rotatable bonds is 5. The van der Waals surface area contributed by atoms with Crippen LogP contribution in [0, 0.1) is 0 Å². The highest BCUT2D eigenvalue weighted by Gasteiger charge is 2.14. The number of aromatic nitrogens is 2. The second kappa shape index (κ2) is 7.51. The fraction of sp³-hybridized carbons (Fsp3) is 0.294. The van der Waals surface area contributed by atoms with Gasteiger partial charge in [0.2, 0.25) is 0 Å². The number of nitrogens with zero attached hydrogens (tertiary/aromatic N) is 4. The molecule has 3 heterocycles. The van der Waals surface area contributed by atoms with Crippen molar-refractivity contribution in [3.63, 3.8) is 0 Å². The standard InChI is InChI=1S/C17H20ClN5O/c1-13(18)16-8-15(10-23(16)12-20-11-19)14-2-3-21-17(9-14)22-4-6-24-7-5-22/h2-3,8-11H,1,4-7,12H2,(H2,19,20). The molecule has 2 aromatic heterocycles. The van der Waals surface area contributed by atoms with E-state index in [9.17, 15) is 0 Å². The van der Waals surface area contributed by atoms with Crippen molar-refractivity contribution in [3.8, 4) is 11.1 Å². The number of morpholine rings is 1. The van der Waals surface area contributed by atoms with Gasteiger partial charge in [-0.3, -0.25) is 4.99 Å². The Kier molecular flexibility index (Phi) is 5.17. The molecule has 0 atom stereocenters. The smallest absolute Gasteiger partial charge is 0.129 e. The van der Waals surface area contributed by atoms with Crippen LogP contribution < -0.4 is 10.6 Å². The molecule has 1 saturated heterocycles. The van der Waals surface area contributed by atoms with Gasteiger partial charge in [0.15, 0.2) is 0 Å². The largest absolute Gasteiger partial charge is 0.390 e. The molecule has 2 aromatic rings. The number of halogens is 1. The predicted molar refractivity (Wildman–Crippen MR) is 98.3 cm³/mol. The van der Waals surface area contributed by atoms with Gasteiger partial charge in [0.25, 0.3) is 0 Å². The van der Waals surface area contributed by atoms with Gasteiger partial charge in [0.1, 0.15) is 12.5 Å². The summed E-state index contributed by atoms with van der Waals surface area (Å²) in [5, 5.41) is 0.468. The van der Waals surface area contributed by atoms with E-state index in [0.29, 0.717) is 11.7 Å². The Labute approximate surface area is 146 Å². The first kappa shape index (κ1) is 16.5. The molecule has 0 saturated carbocycles. The van der Waals surface area contributed by atoms with Crippen LogP contribution in [0.1, 0.15) is 5.69 Å². The quantitative estimate of drug-likeness (QED) is 0.668. The van der Waals surface area contributed by atoms with E-state index in [-0.39, 0.29) is 0 Å². The van der Waals surface area contributed by atoms with Crippen LogP contribution in [0.4, 0.5) is 5.82 Å². The topological polar surface area (TPSA) is 68.7 Å². The SMILES string of the molecule is C=C(Cl)c1cc(-c2ccnc(N3CCOCC3)c2)cn1CN=CN. The van der Waals surface area contributed by atoms with Crippen molar-refractivity contribution in [1.82, 2.24) is 9.55 Å². The van der Waals surface area contributed by atoms with Crippen LogP contribution in [-0.2, 0) is 11.4 Å². The van der Waals surface area contributed by atoms with Crippen LogP contribution in [-0.4, -0.2) is 42.2 Å². The van der Waals surface area contributed by atoms with Crippen molar-refractivity contribution in [1.29, 1.82) is 0 Å². The third kappa shape index (κ3) is 3.60. The molecule has 0 spiro atoms. The van der Waals surface area contributed by atoms with Gasteiger partial charge in [-0.05, 0) is 23.8 Å². The van der Waals surface area contributed by atoms with Crippen LogP contribution in [0.25, 0.3) is 16.2 Å². The van der Waals surface area contributed by atoms with Crippen molar-refractivity contribution in [2.24, 2.45) is 10.7 Å². The molecule has 7 heteroatoms. The van der Waals surface area contributed by atoms with Gasteiger partial charge in [0.05, 0.1) is 30.3 Å². The van der Waals surface area contributed by atoms with E-state index in [2.05, 4.69) is 27.5 Å². The van der Waals surface area contributed by atoms with Gasteiger partial charge in [0, 0.05) is 31.0 Å². The predicted octanol–water partition coefficient (Wildman–Crippen LogP) is 2.54. The average molecular weight is 346 g/mol. The third-order valence-corrected chi connectivity index (χ3v) is 4.12. The lowest BCUT2D eigenvalue weighted by atomic mass is 10.1. The molecule has 1 aliphatic rings. The molecule has 2 N–H and O–H groups in total. The monoisotopic (exact) mass is 345 g/mol. The van der Waals surface area contributed by atoms with Crippen LogP contribution >= 0.6 is 11.6 Å². The molecule has 0 aliphatic carbocycles. The Morgan fingerprint density at radius 2 is 2.17 bits per heavy atom. The van der Waals surface area contributed by atoms with E-state index < -0.39 is 0 Å². The van der Waals surface area contributed by atoms with Gasteiger partial charge in [-0.25, -0.2) is 4.98 Å². The molecule has 6 nitrogen and oxygen atoms in total. The van der Waals surface area contributed by atoms with Gasteiger partial charge in [-0.1, -0.05) is 18.2 Å². The zero-order chi connectivity index (χ0) is 16.9. The van der Waals surface area contributed by atoms with Crippen molar-refractivity contribution in [3.05, 3.63) is 42.9 Å². The van der Waals surface area contributed by atoms with E-state index in [1.807, 2.05) is 29.1 Å². The molecule has 24 heavy (non-hydrogen) atoms. The van der Waals surface area contributed by atoms with Crippen LogP contribution in [0.5, 0.6) is 0 Å². The Balaban J connectivity index is 1.92. The zero-order valence-corrected chi connectivity index (χ0v) is 14.1. The minimum absolute atomic E-state index is 0.402. The Morgan fingerprint density at radius 1 is 1.38 bits per heavy atom. The summed E-state index contributed by atoms with van der Waals surface area (Å²) >= 11 is 6.11. The summed E-state index contributed by atoms with van der Waals surface area (Å²) in [7, 11) is 0. The molecule has 0 radical (unpaired) electrons. The number of hydrogen-bond acceptors (Lipinski definition) is 4. The molecular formula is C17H20ClN5O. The molecule has 3 rings (SSSR count). The molecule has 1 fully saturated rings. The highest BCUT2D eigenvalue weighted by Crippen LogP contribution is 2.29. The summed E-state index contributed by atoms with van der Waals surface area (Å²) in [6.07, 6.45) is 5.10. The number of ether oxygens (including phenoxy) is 1. The number of hydrogen-bond donors (Lipinski definition) is 1. The lowest BCUT2D eigenvalue weighted by Crippen LogP contribution is -2.36. The van der Waals surface area contributed by atoms with E-state index in [1.165, 1.54) is 6.34 Å². The van der Waals surface area contributed by atoms with Gasteiger partial charge in [-0.2, -0.15) is 0 Å². The normalized spacial score (nSPS) is 15.1. The van der Waals surface area contributed by atoms with E-state index >= 15 is 0 Å². The van der Waals surface area contributed by atoms with E-state index in [4.69, 9.17) is 22.1 Å². The second-order valence-corrected chi connectivity index (χ2v) is 5.92. The highest BCUT2D eigenvalue weighted by atomic mass is 35.5. The van der Waals surface area contributed by atoms with Gasteiger partial charge >= 0.3 is 0 Å². The lowest BCUT2D eigenvalue weighted by Gasteiger charge is -2.27. The minimum atomic E-state index is 0.402. The van der Waals surface area contributed by atoms with E-state index in [0.717, 1.165) is 48.9 Å². The first-order valence-corrected chi connectivity index (χ1v) is 8.11. The Morgan fingerprint density at radius 3 is 2.88 bits per heavy atom. The third-order valence-electron chi connectivity index (χ3n) is 3.93. The summed E-state index contributed by atoms with van der Waals surface area (Å²) in [6, 6.07) is 6.06. The molecule has 0 unspecified atom stereocenters. The summed E-state index contributed by atoms with van der Waals surface area (Å²) < 4.78 is 7.32. The number of nitrogens with two attached hydrogens (primary N) is 1. The van der Waals surface area contributed by atoms with Gasteiger partial charge < -0.3 is 19.9 Å². The fourth-order valence-corrected chi connectivity index (χ4v) is 2.88. The Bertz CT molecular complexity index is 749. The lowest BCUT2D eigenvalue weighted by molar-refractivity contribution is 0.122. The molecule has 0 bridgehead atoms. The molecule has 126 valence electrons. The van der Waals surface area contributed by atoms with Gasteiger partial charge in [-0.15, -0.1) is 0 Å². The van der Waals surface area contributed by atoms with Crippen molar-refractivity contribution in [2.75, 3.05) is 31.2 Å². The Hall–Kier alpha value is -2.31. The molecule has 1 aliphatic heterocycles. The van der Waals surface area contributed by atoms with Crippen molar-refractivity contribution < 1.29 is 4.74 Å². The maximum Gasteiger partial charge on any atom is 0.129 e. The van der Waals surface area contributed by atoms with Crippen molar-refractivity contribution >= 4 is 28.8 Å². The van der Waals surface area contributed by atoms with Crippen molar-refractivity contribution in [2.45, 2.75) is 6.67 Å².